The van der Waals surface area contributed by atoms with E-state index in [1.807, 2.05) is 34.7 Å². The lowest BCUT2D eigenvalue weighted by atomic mass is 10.1. The Bertz CT molecular complexity index is 398. The zero-order chi connectivity index (χ0) is 10.6. The molecule has 1 rings (SSSR count). The zero-order valence-corrected chi connectivity index (χ0v) is 9.39. The van der Waals surface area contributed by atoms with Crippen LogP contribution >= 0.6 is 22.6 Å². The molecule has 0 aromatic heterocycles. The molecule has 0 unspecified atom stereocenters. The van der Waals surface area contributed by atoms with Gasteiger partial charge < -0.3 is 0 Å². The van der Waals surface area contributed by atoms with E-state index in [2.05, 4.69) is 0 Å². The van der Waals surface area contributed by atoms with Crippen molar-refractivity contribution in [3.05, 3.63) is 37.4 Å². The van der Waals surface area contributed by atoms with E-state index in [0.29, 0.717) is 16.4 Å². The first-order valence-electron chi connectivity index (χ1n) is 3.95. The SMILES string of the molecule is N#CCCc1cccc([N+](=O)[O-])c1I. The summed E-state index contributed by atoms with van der Waals surface area (Å²) in [5, 5.41) is 19.0. The van der Waals surface area contributed by atoms with Crippen LogP contribution in [-0.2, 0) is 6.42 Å². The molecule has 1 aromatic rings. The van der Waals surface area contributed by atoms with Gasteiger partial charge in [0.15, 0.2) is 0 Å². The molecule has 0 fully saturated rings. The molecular formula is C9H7IN2O2. The first kappa shape index (κ1) is 10.9. The quantitative estimate of drug-likeness (QED) is 0.490. The lowest BCUT2D eigenvalue weighted by Gasteiger charge is -2.01. The van der Waals surface area contributed by atoms with Crippen LogP contribution in [0.4, 0.5) is 5.69 Å². The molecule has 4 nitrogen and oxygen atoms in total. The fourth-order valence-corrected chi connectivity index (χ4v) is 1.92. The van der Waals surface area contributed by atoms with Gasteiger partial charge in [-0.15, -0.1) is 0 Å². The van der Waals surface area contributed by atoms with E-state index >= 15 is 0 Å². The maximum Gasteiger partial charge on any atom is 0.282 e. The molecule has 0 radical (unpaired) electrons. The van der Waals surface area contributed by atoms with E-state index in [1.165, 1.54) is 6.07 Å². The summed E-state index contributed by atoms with van der Waals surface area (Å²) in [7, 11) is 0. The zero-order valence-electron chi connectivity index (χ0n) is 7.24. The first-order chi connectivity index (χ1) is 6.66. The van der Waals surface area contributed by atoms with Crippen LogP contribution in [0.1, 0.15) is 12.0 Å². The normalized spacial score (nSPS) is 9.43. The smallest absolute Gasteiger partial charge is 0.258 e. The molecule has 0 spiro atoms. The van der Waals surface area contributed by atoms with Crippen LogP contribution in [0.2, 0.25) is 0 Å². The Labute approximate surface area is 94.8 Å². The van der Waals surface area contributed by atoms with Gasteiger partial charge in [0.25, 0.3) is 5.69 Å². The van der Waals surface area contributed by atoms with Gasteiger partial charge in [-0.1, -0.05) is 12.1 Å². The number of hydrogen-bond donors (Lipinski definition) is 0. The lowest BCUT2D eigenvalue weighted by molar-refractivity contribution is -0.385. The van der Waals surface area contributed by atoms with Gasteiger partial charge >= 0.3 is 0 Å². The van der Waals surface area contributed by atoms with Crippen molar-refractivity contribution in [2.24, 2.45) is 0 Å². The Balaban J connectivity index is 3.02. The maximum atomic E-state index is 10.6. The Kier molecular flexibility index (Phi) is 3.83. The third kappa shape index (κ3) is 2.42. The molecule has 0 saturated carbocycles. The van der Waals surface area contributed by atoms with Crippen LogP contribution < -0.4 is 0 Å². The third-order valence-corrected chi connectivity index (χ3v) is 3.01. The maximum absolute atomic E-state index is 10.6. The van der Waals surface area contributed by atoms with Gasteiger partial charge in [0.05, 0.1) is 14.6 Å². The van der Waals surface area contributed by atoms with Gasteiger partial charge in [-0.25, -0.2) is 0 Å². The highest BCUT2D eigenvalue weighted by Gasteiger charge is 2.13. The number of nitro groups is 1. The number of rotatable bonds is 3. The summed E-state index contributed by atoms with van der Waals surface area (Å²) in [5.74, 6) is 0. The second-order valence-electron chi connectivity index (χ2n) is 2.67. The summed E-state index contributed by atoms with van der Waals surface area (Å²) in [6, 6.07) is 6.95. The Hall–Kier alpha value is -1.16. The monoisotopic (exact) mass is 302 g/mol. The summed E-state index contributed by atoms with van der Waals surface area (Å²) >= 11 is 1.94. The topological polar surface area (TPSA) is 66.9 Å². The number of nitriles is 1. The summed E-state index contributed by atoms with van der Waals surface area (Å²) in [6.07, 6.45) is 0.952. The molecule has 5 heteroatoms. The van der Waals surface area contributed by atoms with E-state index in [9.17, 15) is 10.1 Å². The molecule has 1 aromatic carbocycles. The van der Waals surface area contributed by atoms with E-state index in [-0.39, 0.29) is 5.69 Å². The highest BCUT2D eigenvalue weighted by molar-refractivity contribution is 14.1. The minimum absolute atomic E-state index is 0.112. The van der Waals surface area contributed by atoms with Gasteiger partial charge in [0, 0.05) is 12.5 Å². The molecule has 0 amide bonds. The average molecular weight is 302 g/mol. The highest BCUT2D eigenvalue weighted by atomic mass is 127. The molecule has 0 aliphatic carbocycles. The van der Waals surface area contributed by atoms with E-state index < -0.39 is 4.92 Å². The Morgan fingerprint density at radius 1 is 1.57 bits per heavy atom. The largest absolute Gasteiger partial charge is 0.282 e. The highest BCUT2D eigenvalue weighted by Crippen LogP contribution is 2.24. The Morgan fingerprint density at radius 2 is 2.29 bits per heavy atom. The van der Waals surface area contributed by atoms with E-state index in [0.717, 1.165) is 5.56 Å². The second-order valence-corrected chi connectivity index (χ2v) is 3.74. The van der Waals surface area contributed by atoms with Crippen molar-refractivity contribution >= 4 is 28.3 Å². The number of nitrogens with zero attached hydrogens (tertiary/aromatic N) is 2. The van der Waals surface area contributed by atoms with Crippen molar-refractivity contribution < 1.29 is 4.92 Å². The molecule has 0 saturated heterocycles. The molecule has 14 heavy (non-hydrogen) atoms. The standard InChI is InChI=1S/C9H7IN2O2/c10-9-7(4-2-6-11)3-1-5-8(9)12(13)14/h1,3,5H,2,4H2. The molecule has 0 aliphatic rings. The molecular weight excluding hydrogens is 295 g/mol. The predicted octanol–water partition coefficient (Wildman–Crippen LogP) is 2.66. The number of hydrogen-bond acceptors (Lipinski definition) is 3. The minimum atomic E-state index is -0.405. The summed E-state index contributed by atoms with van der Waals surface area (Å²) in [6.45, 7) is 0. The number of aryl methyl sites for hydroxylation is 1. The fourth-order valence-electron chi connectivity index (χ4n) is 1.09. The van der Waals surface area contributed by atoms with Gasteiger partial charge in [-0.3, -0.25) is 10.1 Å². The molecule has 0 aliphatic heterocycles. The molecule has 72 valence electrons. The van der Waals surface area contributed by atoms with Gasteiger partial charge in [-0.2, -0.15) is 5.26 Å². The molecule has 0 N–H and O–H groups in total. The lowest BCUT2D eigenvalue weighted by Crippen LogP contribution is -1.96. The number of benzene rings is 1. The van der Waals surface area contributed by atoms with Crippen molar-refractivity contribution in [1.29, 1.82) is 5.26 Å². The van der Waals surface area contributed by atoms with E-state index in [4.69, 9.17) is 5.26 Å². The second kappa shape index (κ2) is 4.91. The van der Waals surface area contributed by atoms with Crippen LogP contribution in [0.5, 0.6) is 0 Å². The van der Waals surface area contributed by atoms with Gasteiger partial charge in [0.2, 0.25) is 0 Å². The Morgan fingerprint density at radius 3 is 2.86 bits per heavy atom. The summed E-state index contributed by atoms with van der Waals surface area (Å²) in [4.78, 5) is 10.2. The number of nitro benzene ring substituents is 1. The van der Waals surface area contributed by atoms with Gasteiger partial charge in [0.1, 0.15) is 0 Å². The van der Waals surface area contributed by atoms with E-state index in [1.54, 1.807) is 6.07 Å². The van der Waals surface area contributed by atoms with Crippen molar-refractivity contribution in [3.8, 4) is 6.07 Å². The van der Waals surface area contributed by atoms with Crippen LogP contribution in [-0.4, -0.2) is 4.92 Å². The third-order valence-electron chi connectivity index (χ3n) is 1.76. The van der Waals surface area contributed by atoms with Crippen molar-refractivity contribution in [2.45, 2.75) is 12.8 Å². The van der Waals surface area contributed by atoms with Crippen LogP contribution in [0.15, 0.2) is 18.2 Å². The molecule has 0 bridgehead atoms. The average Bonchev–Trinajstić information content (AvgIpc) is 2.16. The van der Waals surface area contributed by atoms with Crippen molar-refractivity contribution in [2.75, 3.05) is 0 Å². The van der Waals surface area contributed by atoms with Crippen molar-refractivity contribution in [3.63, 3.8) is 0 Å². The first-order valence-corrected chi connectivity index (χ1v) is 5.03. The number of halogens is 1. The summed E-state index contributed by atoms with van der Waals surface area (Å²) in [5.41, 5.74) is 0.974. The predicted molar refractivity (Wildman–Crippen MR) is 59.7 cm³/mol. The summed E-state index contributed by atoms with van der Waals surface area (Å²) < 4.78 is 0.630. The fraction of sp³-hybridized carbons (Fsp3) is 0.222. The van der Waals surface area contributed by atoms with Crippen LogP contribution in [0.25, 0.3) is 0 Å². The van der Waals surface area contributed by atoms with Crippen LogP contribution in [0, 0.1) is 25.0 Å². The van der Waals surface area contributed by atoms with Crippen LogP contribution in [0.3, 0.4) is 0 Å². The minimum Gasteiger partial charge on any atom is -0.258 e. The molecule has 0 heterocycles. The van der Waals surface area contributed by atoms with Crippen molar-refractivity contribution in [1.82, 2.24) is 0 Å². The van der Waals surface area contributed by atoms with Gasteiger partial charge in [-0.05, 0) is 34.6 Å². The molecule has 0 atom stereocenters.